The van der Waals surface area contributed by atoms with Crippen molar-refractivity contribution in [3.05, 3.63) is 70.2 Å². The van der Waals surface area contributed by atoms with Gasteiger partial charge < -0.3 is 0 Å². The summed E-state index contributed by atoms with van der Waals surface area (Å²) in [5.74, 6) is -0.810. The average Bonchev–Trinajstić information content (AvgIpc) is 3.20. The van der Waals surface area contributed by atoms with Gasteiger partial charge in [0, 0.05) is 0 Å². The lowest BCUT2D eigenvalue weighted by Gasteiger charge is -2.10. The van der Waals surface area contributed by atoms with Crippen molar-refractivity contribution < 1.29 is 18.0 Å². The predicted molar refractivity (Wildman–Crippen MR) is 103 cm³/mol. The van der Waals surface area contributed by atoms with Crippen molar-refractivity contribution >= 4 is 38.3 Å². The molecule has 0 saturated carbocycles. The van der Waals surface area contributed by atoms with Gasteiger partial charge in [-0.1, -0.05) is 41.2 Å². The number of carbonyl (C=O) groups excluding carboxylic acids is 2. The van der Waals surface area contributed by atoms with Crippen molar-refractivity contribution in [3.8, 4) is 0 Å². The van der Waals surface area contributed by atoms with Crippen LogP contribution in [0, 0.1) is 6.92 Å². The first-order valence-corrected chi connectivity index (χ1v) is 10.5. The van der Waals surface area contributed by atoms with E-state index in [4.69, 9.17) is 0 Å². The molecule has 2 aromatic carbocycles. The van der Waals surface area contributed by atoms with Gasteiger partial charge in [0.1, 0.15) is 5.01 Å². The number of nitrogens with one attached hydrogen (secondary N) is 1. The van der Waals surface area contributed by atoms with Crippen molar-refractivity contribution in [2.45, 2.75) is 18.4 Å². The smallest absolute Gasteiger partial charge is 0.263 e. The van der Waals surface area contributed by atoms with Crippen molar-refractivity contribution in [3.63, 3.8) is 0 Å². The van der Waals surface area contributed by atoms with E-state index >= 15 is 0 Å². The third kappa shape index (κ3) is 3.27. The SMILES string of the molecule is Cc1ccc(S(=O)(=O)Nc2nnc(CN3C(=O)c4ccccc4C3=O)s2)cc1. The van der Waals surface area contributed by atoms with Gasteiger partial charge in [-0.3, -0.25) is 19.2 Å². The molecule has 4 rings (SSSR count). The molecule has 0 fully saturated rings. The van der Waals surface area contributed by atoms with Crippen molar-refractivity contribution in [1.82, 2.24) is 15.1 Å². The highest BCUT2D eigenvalue weighted by molar-refractivity contribution is 7.93. The first-order valence-electron chi connectivity index (χ1n) is 8.22. The van der Waals surface area contributed by atoms with E-state index in [0.717, 1.165) is 21.8 Å². The molecule has 0 unspecified atom stereocenters. The molecule has 1 aliphatic rings. The summed E-state index contributed by atoms with van der Waals surface area (Å²) >= 11 is 0.969. The monoisotopic (exact) mass is 414 g/mol. The topological polar surface area (TPSA) is 109 Å². The molecule has 1 N–H and O–H groups in total. The molecular formula is C18H14N4O4S2. The molecule has 2 amide bonds. The lowest BCUT2D eigenvalue weighted by molar-refractivity contribution is 0.0642. The number of nitrogens with zero attached hydrogens (tertiary/aromatic N) is 3. The van der Waals surface area contributed by atoms with Crippen LogP contribution in [0.25, 0.3) is 0 Å². The molecule has 0 atom stereocenters. The van der Waals surface area contributed by atoms with Gasteiger partial charge in [-0.05, 0) is 31.2 Å². The lowest BCUT2D eigenvalue weighted by atomic mass is 10.1. The average molecular weight is 414 g/mol. The van der Waals surface area contributed by atoms with Crippen LogP contribution in [0.2, 0.25) is 0 Å². The normalized spacial score (nSPS) is 13.7. The summed E-state index contributed by atoms with van der Waals surface area (Å²) in [4.78, 5) is 26.0. The molecule has 3 aromatic rings. The van der Waals surface area contributed by atoms with Gasteiger partial charge in [-0.25, -0.2) is 8.42 Å². The highest BCUT2D eigenvalue weighted by Gasteiger charge is 2.35. The molecule has 142 valence electrons. The fourth-order valence-corrected chi connectivity index (χ4v) is 4.73. The Bertz CT molecular complexity index is 1150. The Labute approximate surface area is 164 Å². The Morgan fingerprint density at radius 3 is 2.18 bits per heavy atom. The molecule has 0 bridgehead atoms. The number of anilines is 1. The standard InChI is InChI=1S/C18H14N4O4S2/c1-11-6-8-12(9-7-11)28(25,26)21-18-20-19-15(27-18)10-22-16(23)13-4-2-3-5-14(13)17(22)24/h2-9H,10H2,1H3,(H,20,21). The van der Waals surface area contributed by atoms with Crippen LogP contribution in [-0.2, 0) is 16.6 Å². The first-order chi connectivity index (χ1) is 13.3. The summed E-state index contributed by atoms with van der Waals surface area (Å²) < 4.78 is 27.2. The quantitative estimate of drug-likeness (QED) is 0.642. The molecule has 0 saturated heterocycles. The lowest BCUT2D eigenvalue weighted by Crippen LogP contribution is -2.29. The third-order valence-electron chi connectivity index (χ3n) is 4.19. The molecule has 8 nitrogen and oxygen atoms in total. The zero-order chi connectivity index (χ0) is 19.9. The molecule has 28 heavy (non-hydrogen) atoms. The van der Waals surface area contributed by atoms with Crippen LogP contribution in [0.3, 0.4) is 0 Å². The van der Waals surface area contributed by atoms with Gasteiger partial charge in [0.15, 0.2) is 0 Å². The molecule has 1 aliphatic heterocycles. The molecule has 0 radical (unpaired) electrons. The maximum atomic E-state index is 12.4. The Morgan fingerprint density at radius 1 is 0.964 bits per heavy atom. The van der Waals surface area contributed by atoms with E-state index < -0.39 is 21.8 Å². The van der Waals surface area contributed by atoms with E-state index in [0.29, 0.717) is 16.1 Å². The van der Waals surface area contributed by atoms with Crippen LogP contribution in [0.4, 0.5) is 5.13 Å². The third-order valence-corrected chi connectivity index (χ3v) is 6.50. The number of hydrogen-bond donors (Lipinski definition) is 1. The Kier molecular flexibility index (Phi) is 4.44. The summed E-state index contributed by atoms with van der Waals surface area (Å²) in [5, 5.41) is 8.12. The Morgan fingerprint density at radius 2 is 1.57 bits per heavy atom. The number of carbonyl (C=O) groups is 2. The van der Waals surface area contributed by atoms with Crippen LogP contribution in [0.5, 0.6) is 0 Å². The van der Waals surface area contributed by atoms with Gasteiger partial charge in [0.2, 0.25) is 5.13 Å². The van der Waals surface area contributed by atoms with Crippen LogP contribution < -0.4 is 4.72 Å². The minimum Gasteiger partial charge on any atom is -0.269 e. The number of benzene rings is 2. The number of rotatable bonds is 5. The van der Waals surface area contributed by atoms with Crippen LogP contribution >= 0.6 is 11.3 Å². The second-order valence-corrected chi connectivity index (χ2v) is 8.91. The van der Waals surface area contributed by atoms with Gasteiger partial charge in [0.25, 0.3) is 21.8 Å². The number of hydrogen-bond acceptors (Lipinski definition) is 7. The molecule has 1 aromatic heterocycles. The number of imide groups is 1. The summed E-state index contributed by atoms with van der Waals surface area (Å²) in [6.45, 7) is 1.79. The van der Waals surface area contributed by atoms with Gasteiger partial charge in [-0.2, -0.15) is 0 Å². The highest BCUT2D eigenvalue weighted by Crippen LogP contribution is 2.26. The summed E-state index contributed by atoms with van der Waals surface area (Å²) in [6.07, 6.45) is 0. The number of fused-ring (bicyclic) bond motifs is 1. The van der Waals surface area contributed by atoms with Crippen LogP contribution in [-0.4, -0.2) is 35.3 Å². The Balaban J connectivity index is 1.50. The maximum absolute atomic E-state index is 12.4. The number of sulfonamides is 1. The number of amides is 2. The zero-order valence-corrected chi connectivity index (χ0v) is 16.3. The molecule has 2 heterocycles. The van der Waals surface area contributed by atoms with Crippen molar-refractivity contribution in [1.29, 1.82) is 0 Å². The predicted octanol–water partition coefficient (Wildman–Crippen LogP) is 2.44. The van der Waals surface area contributed by atoms with E-state index in [1.807, 2.05) is 6.92 Å². The molecule has 0 spiro atoms. The van der Waals surface area contributed by atoms with Gasteiger partial charge in [-0.15, -0.1) is 10.2 Å². The van der Waals surface area contributed by atoms with E-state index in [1.165, 1.54) is 12.1 Å². The number of aryl methyl sites for hydroxylation is 1. The van der Waals surface area contributed by atoms with E-state index in [2.05, 4.69) is 14.9 Å². The summed E-state index contributed by atoms with van der Waals surface area (Å²) in [5.41, 5.74) is 1.63. The second kappa shape index (κ2) is 6.80. The highest BCUT2D eigenvalue weighted by atomic mass is 32.2. The summed E-state index contributed by atoms with van der Waals surface area (Å²) in [7, 11) is -3.80. The fourth-order valence-electron chi connectivity index (χ4n) is 2.77. The molecular weight excluding hydrogens is 400 g/mol. The zero-order valence-electron chi connectivity index (χ0n) is 14.6. The van der Waals surface area contributed by atoms with E-state index in [1.54, 1.807) is 36.4 Å². The minimum atomic E-state index is -3.80. The van der Waals surface area contributed by atoms with Crippen LogP contribution in [0.15, 0.2) is 53.4 Å². The first kappa shape index (κ1) is 18.3. The van der Waals surface area contributed by atoms with E-state index in [-0.39, 0.29) is 16.6 Å². The van der Waals surface area contributed by atoms with Gasteiger partial charge in [0.05, 0.1) is 22.6 Å². The Hall–Kier alpha value is -3.11. The second-order valence-electron chi connectivity index (χ2n) is 6.16. The van der Waals surface area contributed by atoms with E-state index in [9.17, 15) is 18.0 Å². The molecule has 10 heteroatoms. The van der Waals surface area contributed by atoms with Gasteiger partial charge >= 0.3 is 0 Å². The summed E-state index contributed by atoms with van der Waals surface area (Å²) in [6, 6.07) is 13.0. The maximum Gasteiger partial charge on any atom is 0.263 e. The minimum absolute atomic E-state index is 0.0622. The largest absolute Gasteiger partial charge is 0.269 e. The number of aromatic nitrogens is 2. The molecule has 0 aliphatic carbocycles. The van der Waals surface area contributed by atoms with Crippen molar-refractivity contribution in [2.75, 3.05) is 4.72 Å². The van der Waals surface area contributed by atoms with Crippen molar-refractivity contribution in [2.24, 2.45) is 0 Å². The fraction of sp³-hybridized carbons (Fsp3) is 0.111. The van der Waals surface area contributed by atoms with Crippen LogP contribution in [0.1, 0.15) is 31.3 Å².